The van der Waals surface area contributed by atoms with Crippen LogP contribution in [0.2, 0.25) is 0 Å². The molecule has 10 heavy (non-hydrogen) atoms. The Morgan fingerprint density at radius 2 is 1.30 bits per heavy atom. The summed E-state index contributed by atoms with van der Waals surface area (Å²) in [5, 5.41) is 0. The van der Waals surface area contributed by atoms with Gasteiger partial charge in [-0.15, -0.1) is 15.8 Å². The molecule has 2 heterocycles. The van der Waals surface area contributed by atoms with Crippen LogP contribution in [0.25, 0.3) is 0 Å². The van der Waals surface area contributed by atoms with Crippen LogP contribution >= 0.6 is 15.8 Å². The van der Waals surface area contributed by atoms with Crippen LogP contribution in [0.3, 0.4) is 0 Å². The molecule has 2 fully saturated rings. The van der Waals surface area contributed by atoms with Crippen molar-refractivity contribution >= 4 is 15.8 Å². The van der Waals surface area contributed by atoms with E-state index in [1.807, 2.05) is 0 Å². The lowest BCUT2D eigenvalue weighted by Gasteiger charge is -2.48. The summed E-state index contributed by atoms with van der Waals surface area (Å²) in [4.78, 5) is 0. The van der Waals surface area contributed by atoms with E-state index in [9.17, 15) is 0 Å². The van der Waals surface area contributed by atoms with Crippen molar-refractivity contribution in [2.24, 2.45) is 0 Å². The fourth-order valence-corrected chi connectivity index (χ4v) is 7.03. The van der Waals surface area contributed by atoms with Gasteiger partial charge in [0.25, 0.3) is 0 Å². The highest BCUT2D eigenvalue weighted by Crippen LogP contribution is 2.63. The molecule has 2 heteroatoms. The molecule has 2 aliphatic heterocycles. The van der Waals surface area contributed by atoms with Crippen molar-refractivity contribution in [3.8, 4) is 0 Å². The van der Waals surface area contributed by atoms with E-state index in [2.05, 4.69) is 13.3 Å². The molecule has 0 radical (unpaired) electrons. The lowest BCUT2D eigenvalue weighted by Crippen LogP contribution is -2.37. The highest BCUT2D eigenvalue weighted by atomic mass is 31.1. The lowest BCUT2D eigenvalue weighted by molar-refractivity contribution is 0.653. The summed E-state index contributed by atoms with van der Waals surface area (Å²) in [5.41, 5.74) is 2.44. The first-order valence-corrected chi connectivity index (χ1v) is 8.28. The van der Waals surface area contributed by atoms with E-state index in [1.54, 1.807) is 25.2 Å². The predicted molar refractivity (Wildman–Crippen MR) is 52.2 cm³/mol. The average molecular weight is 174 g/mol. The maximum atomic E-state index is 2.50. The first-order valence-electron chi connectivity index (χ1n) is 4.19. The first-order chi connectivity index (χ1) is 4.79. The zero-order chi connectivity index (χ0) is 7.14. The quantitative estimate of drug-likeness (QED) is 0.536. The van der Waals surface area contributed by atoms with Gasteiger partial charge in [0.15, 0.2) is 0 Å². The lowest BCUT2D eigenvalue weighted by atomic mass is 10.2. The second-order valence-corrected chi connectivity index (χ2v) is 8.92. The van der Waals surface area contributed by atoms with E-state index in [0.29, 0.717) is 15.8 Å². The van der Waals surface area contributed by atoms with Crippen LogP contribution in [0.15, 0.2) is 0 Å². The Morgan fingerprint density at radius 1 is 0.900 bits per heavy atom. The molecule has 2 saturated heterocycles. The molecule has 0 aromatic heterocycles. The van der Waals surface area contributed by atoms with Gasteiger partial charge in [-0.3, -0.25) is 0 Å². The van der Waals surface area contributed by atoms with Crippen LogP contribution in [0.5, 0.6) is 0 Å². The summed E-state index contributed by atoms with van der Waals surface area (Å²) in [6.45, 7) is 5.01. The maximum Gasteiger partial charge on any atom is -0.0141 e. The Balaban J connectivity index is 1.87. The Morgan fingerprint density at radius 3 is 1.40 bits per heavy atom. The van der Waals surface area contributed by atoms with Crippen molar-refractivity contribution in [2.45, 2.75) is 24.2 Å². The van der Waals surface area contributed by atoms with Crippen molar-refractivity contribution in [1.29, 1.82) is 0 Å². The highest BCUT2D eigenvalue weighted by molar-refractivity contribution is 7.64. The number of hydrogen-bond donors (Lipinski definition) is 0. The maximum absolute atomic E-state index is 2.50. The van der Waals surface area contributed by atoms with Gasteiger partial charge in [0.1, 0.15) is 0 Å². The molecule has 0 amide bonds. The Kier molecular flexibility index (Phi) is 2.04. The Hall–Kier alpha value is 0.860. The summed E-state index contributed by atoms with van der Waals surface area (Å²) in [5.74, 6) is 0. The van der Waals surface area contributed by atoms with Gasteiger partial charge in [0, 0.05) is 0 Å². The predicted octanol–water partition coefficient (Wildman–Crippen LogP) is 2.75. The fourth-order valence-electron chi connectivity index (χ4n) is 2.05. The summed E-state index contributed by atoms with van der Waals surface area (Å²) < 4.78 is 0. The van der Waals surface area contributed by atoms with Gasteiger partial charge in [-0.2, -0.15) is 0 Å². The van der Waals surface area contributed by atoms with Gasteiger partial charge in [-0.25, -0.2) is 0 Å². The second-order valence-electron chi connectivity index (χ2n) is 3.67. The van der Waals surface area contributed by atoms with Gasteiger partial charge < -0.3 is 0 Å². The molecular weight excluding hydrogens is 158 g/mol. The minimum absolute atomic E-state index is 0.514. The van der Waals surface area contributed by atoms with E-state index in [0.717, 1.165) is 0 Å². The first kappa shape index (κ1) is 7.51. The van der Waals surface area contributed by atoms with E-state index in [1.165, 1.54) is 11.3 Å². The van der Waals surface area contributed by atoms with E-state index >= 15 is 0 Å². The van der Waals surface area contributed by atoms with Crippen molar-refractivity contribution in [3.05, 3.63) is 0 Å². The molecule has 0 aromatic carbocycles. The summed E-state index contributed by atoms with van der Waals surface area (Å²) >= 11 is 0. The number of rotatable bonds is 1. The number of hydrogen-bond acceptors (Lipinski definition) is 0. The molecule has 0 nitrogen and oxygen atoms in total. The van der Waals surface area contributed by atoms with E-state index in [4.69, 9.17) is 0 Å². The van der Waals surface area contributed by atoms with Gasteiger partial charge in [0.05, 0.1) is 0 Å². The zero-order valence-corrected chi connectivity index (χ0v) is 8.67. The molecule has 2 rings (SSSR count). The third-order valence-electron chi connectivity index (χ3n) is 3.13. The molecule has 0 aliphatic carbocycles. The van der Waals surface area contributed by atoms with Crippen LogP contribution < -0.4 is 0 Å². The molecule has 0 unspecified atom stereocenters. The van der Waals surface area contributed by atoms with Crippen LogP contribution in [0.1, 0.15) is 12.8 Å². The highest BCUT2D eigenvalue weighted by Gasteiger charge is 2.40. The monoisotopic (exact) mass is 174 g/mol. The Labute approximate surface area is 66.3 Å². The van der Waals surface area contributed by atoms with Gasteiger partial charge in [-0.05, 0) is 49.8 Å². The molecule has 0 aromatic rings. The normalized spacial score (nSPS) is 53.4. The van der Waals surface area contributed by atoms with Gasteiger partial charge in [0.2, 0.25) is 0 Å². The largest absolute Gasteiger partial charge is 0.106 e. The van der Waals surface area contributed by atoms with Gasteiger partial charge >= 0.3 is 0 Å². The van der Waals surface area contributed by atoms with E-state index < -0.39 is 0 Å². The van der Waals surface area contributed by atoms with E-state index in [-0.39, 0.29) is 0 Å². The minimum atomic E-state index is 0.514. The molecule has 4 atom stereocenters. The standard InChI is InChI=1S/C8H16P2/c1-9-5-3-7(9)8-4-6-10(8)2/h7-8H,3-6H2,1-2H3/t7-,8-,9-,10-/m1/s1. The smallest absolute Gasteiger partial charge is 0.0141 e. The van der Waals surface area contributed by atoms with Crippen molar-refractivity contribution in [3.63, 3.8) is 0 Å². The third kappa shape index (κ3) is 1.05. The van der Waals surface area contributed by atoms with Crippen LogP contribution in [0, 0.1) is 0 Å². The van der Waals surface area contributed by atoms with Gasteiger partial charge in [-0.1, -0.05) is 0 Å². The van der Waals surface area contributed by atoms with Crippen molar-refractivity contribution in [1.82, 2.24) is 0 Å². The molecule has 58 valence electrons. The molecule has 0 saturated carbocycles. The fraction of sp³-hybridized carbons (Fsp3) is 1.00. The molecule has 0 N–H and O–H groups in total. The topological polar surface area (TPSA) is 0 Å². The SMILES string of the molecule is C[P@]1CC[C@@H]1[C@H]1CC[P@@]1C. The molecular formula is C8H16P2. The summed E-state index contributed by atoms with van der Waals surface area (Å²) in [6, 6.07) is 0. The molecule has 0 spiro atoms. The Bertz CT molecular complexity index is 119. The minimum Gasteiger partial charge on any atom is -0.106 e. The second kappa shape index (κ2) is 2.72. The molecule has 0 bridgehead atoms. The zero-order valence-electron chi connectivity index (χ0n) is 6.88. The average Bonchev–Trinajstić information content (AvgIpc) is 1.93. The molecule has 2 aliphatic rings. The van der Waals surface area contributed by atoms with Crippen LogP contribution in [-0.4, -0.2) is 37.0 Å². The van der Waals surface area contributed by atoms with Crippen molar-refractivity contribution in [2.75, 3.05) is 25.7 Å². The van der Waals surface area contributed by atoms with Crippen molar-refractivity contribution < 1.29 is 0 Å². The summed E-state index contributed by atoms with van der Waals surface area (Å²) in [7, 11) is 1.03. The van der Waals surface area contributed by atoms with Crippen LogP contribution in [0.4, 0.5) is 0 Å². The van der Waals surface area contributed by atoms with Crippen LogP contribution in [-0.2, 0) is 0 Å². The summed E-state index contributed by atoms with van der Waals surface area (Å²) in [6.07, 6.45) is 6.33. The third-order valence-corrected chi connectivity index (χ3v) is 8.79.